The molecule has 3 aromatic carbocycles. The van der Waals surface area contributed by atoms with Gasteiger partial charge in [-0.05, 0) is 230 Å². The zero-order valence-electron chi connectivity index (χ0n) is 57.0. The number of aliphatic carboxylic acids is 1. The number of halogens is 4. The van der Waals surface area contributed by atoms with E-state index in [1.165, 1.54) is 16.7 Å². The van der Waals surface area contributed by atoms with Crippen molar-refractivity contribution in [3.05, 3.63) is 141 Å². The number of β-amino-alcohol motifs (C(OH)–C–C–N with tert-alkyl or cyclic N) is 3. The average molecular weight is 1540 g/mol. The number of carboxylic acids is 1. The Morgan fingerprint density at radius 2 is 0.870 bits per heavy atom. The van der Waals surface area contributed by atoms with Crippen LogP contribution in [0.25, 0.3) is 0 Å². The molecule has 9 aliphatic rings. The third-order valence-electron chi connectivity index (χ3n) is 20.6. The van der Waals surface area contributed by atoms with Gasteiger partial charge in [-0.3, -0.25) is 28.8 Å². The van der Waals surface area contributed by atoms with Crippen LogP contribution >= 0.6 is 57.4 Å². The summed E-state index contributed by atoms with van der Waals surface area (Å²) in [5.74, 6) is -0.921. The third-order valence-corrected chi connectivity index (χ3v) is 22.4. The standard InChI is InChI=1S/C25H30ClN3O4.C23H26ClN3O4.C17H16ClIN2O.C8H15NO3.Li.H2O/c1-2-33-25(32)18-12-13-28(14-21(18)30)23-17-6-3-4-9-20(17)29(27-23)24(31)22-16(15-10-11-15)7-5-8-19(22)26;24-17-6-3-5-14(13-8-9-13)20(17)22(29)27-18-7-2-1-4-15(18)21(25-27)26-11-10-16(23(30)31)19(28)12-26;18-13-6-3-5-11(10-8-9-10)15(13)17(22)21-14-7-2-1-4-12(14)16(19)20-21;1-2-12-8(11)6-3-4-9-5-7(6)10;;/h5,7-8,15,18,21,30H,2-4,6,9-14H2,1H3;3,5-6,13,16,19,28H,1-2,4,7-12H2,(H,30,31);3,5-6,10H,1-2,4,7-9H2;6-7,9-10H,2-5H2,1H3;;1H2/q;;;;+1;/p-1/t18-,21+;16-,19+;;;;/m00..../s1. The number of aliphatic hydroxyl groups excluding tert-OH is 3. The van der Waals surface area contributed by atoms with E-state index in [9.17, 15) is 49.2 Å². The van der Waals surface area contributed by atoms with Gasteiger partial charge in [-0.1, -0.05) is 71.2 Å². The van der Waals surface area contributed by atoms with Gasteiger partial charge < -0.3 is 50.5 Å². The number of nitrogens with one attached hydrogen (secondary N) is 1. The molecule has 6 atom stereocenters. The van der Waals surface area contributed by atoms with Gasteiger partial charge in [0.2, 0.25) is 0 Å². The second kappa shape index (κ2) is 34.3. The fourth-order valence-corrected chi connectivity index (χ4v) is 16.6. The maximum atomic E-state index is 13.8. The number of hydrogen-bond acceptors (Lipinski definition) is 18. The number of hydrogen-bond donors (Lipinski definition) is 5. The van der Waals surface area contributed by atoms with Gasteiger partial charge in [0.1, 0.15) is 3.70 Å². The molecule has 15 rings (SSSR count). The molecule has 2 unspecified atom stereocenters. The Kier molecular flexibility index (Phi) is 26.4. The molecule has 3 saturated heterocycles. The maximum Gasteiger partial charge on any atom is 1.00 e. The van der Waals surface area contributed by atoms with E-state index >= 15 is 0 Å². The van der Waals surface area contributed by atoms with Gasteiger partial charge in [-0.2, -0.15) is 19.1 Å². The summed E-state index contributed by atoms with van der Waals surface area (Å²) in [4.78, 5) is 79.2. The van der Waals surface area contributed by atoms with E-state index in [0.29, 0.717) is 114 Å². The largest absolute Gasteiger partial charge is 1.00 e. The van der Waals surface area contributed by atoms with Gasteiger partial charge in [0.05, 0.1) is 98.1 Å². The first-order valence-corrected chi connectivity index (χ1v) is 37.4. The second-order valence-corrected chi connectivity index (χ2v) is 29.5. The number of nitrogens with zero attached hydrogens (tertiary/aromatic N) is 8. The molecule has 27 heteroatoms. The molecule has 6 N–H and O–H groups in total. The van der Waals surface area contributed by atoms with Gasteiger partial charge in [-0.15, -0.1) is 10.2 Å². The number of carboxylic acid groups (broad SMARTS) is 1. The van der Waals surface area contributed by atoms with Crippen LogP contribution in [0.1, 0.15) is 209 Å². The summed E-state index contributed by atoms with van der Waals surface area (Å²) in [6.07, 6.45) is 17.3. The molecule has 6 fully saturated rings. The fraction of sp³-hybridized carbons (Fsp3) is 0.548. The van der Waals surface area contributed by atoms with E-state index in [1.54, 1.807) is 35.3 Å². The number of aromatic nitrogens is 6. The molecule has 532 valence electrons. The fourth-order valence-electron chi connectivity index (χ4n) is 15.0. The molecule has 3 aliphatic heterocycles. The minimum absolute atomic E-state index is 0. The van der Waals surface area contributed by atoms with Crippen molar-refractivity contribution in [1.29, 1.82) is 0 Å². The van der Waals surface area contributed by atoms with Crippen LogP contribution in [-0.4, -0.2) is 162 Å². The van der Waals surface area contributed by atoms with Gasteiger partial charge in [0.25, 0.3) is 17.7 Å². The quantitative estimate of drug-likeness (QED) is 0.0416. The zero-order valence-corrected chi connectivity index (χ0v) is 61.4. The van der Waals surface area contributed by atoms with Crippen molar-refractivity contribution in [3.63, 3.8) is 0 Å². The Labute approximate surface area is 623 Å². The smallest absolute Gasteiger partial charge is 0.870 e. The van der Waals surface area contributed by atoms with Crippen molar-refractivity contribution in [3.8, 4) is 0 Å². The SMILES string of the molecule is CCOC(=O)C1CCNCC1O.CCOC(=O)[C@H]1CCN(c2nn(C(=O)c3c(Cl)cccc3C3CC3)c3c2CCCC3)C[C@H]1O.O=C(O)[C@H]1CCN(c2nn(C(=O)c3c(Cl)cccc3C3CC3)c3c2CCCC3)C[C@H]1O.O=C(c1c(Cl)cccc1C1CC1)n1nc(I)c2c1CCCC2.[Li+].[OH-]. The van der Waals surface area contributed by atoms with Crippen LogP contribution in [0.5, 0.6) is 0 Å². The Morgan fingerprint density at radius 3 is 1.24 bits per heavy atom. The second-order valence-electron chi connectivity index (χ2n) is 27.2. The van der Waals surface area contributed by atoms with E-state index in [0.717, 1.165) is 170 Å². The predicted octanol–water partition coefficient (Wildman–Crippen LogP) is 7.92. The van der Waals surface area contributed by atoms with Crippen LogP contribution in [0.3, 0.4) is 0 Å². The van der Waals surface area contributed by atoms with E-state index in [1.807, 2.05) is 52.3 Å². The van der Waals surface area contributed by atoms with Crippen molar-refractivity contribution in [2.75, 3.05) is 62.3 Å². The van der Waals surface area contributed by atoms with Crippen LogP contribution < -0.4 is 34.0 Å². The third kappa shape index (κ3) is 16.9. The Hall–Kier alpha value is -5.69. The molecule has 0 bridgehead atoms. The van der Waals surface area contributed by atoms with Crippen molar-refractivity contribution < 1.29 is 83.0 Å². The van der Waals surface area contributed by atoms with Crippen LogP contribution in [0.15, 0.2) is 54.6 Å². The molecule has 0 amide bonds. The Morgan fingerprint density at radius 1 is 0.510 bits per heavy atom. The summed E-state index contributed by atoms with van der Waals surface area (Å²) in [5, 5.41) is 58.3. The molecular formula is C73H88Cl3ILiN9O13. The first-order chi connectivity index (χ1) is 47.4. The average Bonchev–Trinajstić information content (AvgIpc) is 1.59. The number of carbonyl (C=O) groups is 6. The summed E-state index contributed by atoms with van der Waals surface area (Å²) in [6, 6.07) is 17.1. The number of ether oxygens (including phenoxy) is 2. The molecule has 3 saturated carbocycles. The van der Waals surface area contributed by atoms with Crippen LogP contribution in [0, 0.1) is 21.5 Å². The van der Waals surface area contributed by atoms with E-state index < -0.39 is 36.1 Å². The molecule has 3 aromatic heterocycles. The summed E-state index contributed by atoms with van der Waals surface area (Å²) < 4.78 is 15.6. The van der Waals surface area contributed by atoms with Crippen LogP contribution in [-0.2, 0) is 62.4 Å². The van der Waals surface area contributed by atoms with E-state index in [4.69, 9.17) is 54.5 Å². The molecule has 22 nitrogen and oxygen atoms in total. The molecule has 6 aliphatic carbocycles. The molecular weight excluding hydrogens is 1450 g/mol. The van der Waals surface area contributed by atoms with Crippen molar-refractivity contribution in [2.45, 2.75) is 185 Å². The zero-order chi connectivity index (χ0) is 69.1. The first-order valence-electron chi connectivity index (χ1n) is 35.1. The van der Waals surface area contributed by atoms with Gasteiger partial charge >= 0.3 is 36.8 Å². The first kappa shape index (κ1) is 76.9. The molecule has 6 heterocycles. The Balaban J connectivity index is 0.000000150. The normalized spacial score (nSPS) is 22.2. The number of fused-ring (bicyclic) bond motifs is 3. The minimum Gasteiger partial charge on any atom is -0.870 e. The summed E-state index contributed by atoms with van der Waals surface area (Å²) in [5.41, 5.74) is 11.2. The van der Waals surface area contributed by atoms with Crippen LogP contribution in [0.2, 0.25) is 15.1 Å². The van der Waals surface area contributed by atoms with Crippen molar-refractivity contribution in [2.24, 2.45) is 17.8 Å². The number of aliphatic hydroxyl groups is 3. The number of anilines is 2. The number of carbonyl (C=O) groups excluding carboxylic acids is 5. The number of esters is 2. The van der Waals surface area contributed by atoms with Crippen LogP contribution in [0.4, 0.5) is 11.6 Å². The molecule has 0 spiro atoms. The number of benzene rings is 3. The van der Waals surface area contributed by atoms with E-state index in [-0.39, 0.29) is 66.5 Å². The maximum absolute atomic E-state index is 13.8. The predicted molar refractivity (Wildman–Crippen MR) is 381 cm³/mol. The molecule has 0 radical (unpaired) electrons. The van der Waals surface area contributed by atoms with Gasteiger partial charge in [0.15, 0.2) is 11.6 Å². The molecule has 100 heavy (non-hydrogen) atoms. The summed E-state index contributed by atoms with van der Waals surface area (Å²) >= 11 is 21.6. The summed E-state index contributed by atoms with van der Waals surface area (Å²) in [6.45, 7) is 7.06. The number of piperidine rings is 3. The van der Waals surface area contributed by atoms with Crippen molar-refractivity contribution >= 4 is 105 Å². The minimum atomic E-state index is -0.971. The van der Waals surface area contributed by atoms with Gasteiger partial charge in [0, 0.05) is 49.4 Å². The van der Waals surface area contributed by atoms with Gasteiger partial charge in [-0.25, -0.2) is 0 Å². The number of rotatable bonds is 13. The Bertz CT molecular complexity index is 3980. The van der Waals surface area contributed by atoms with Crippen molar-refractivity contribution in [1.82, 2.24) is 34.7 Å². The van der Waals surface area contributed by atoms with E-state index in [2.05, 4.69) is 33.0 Å². The monoisotopic (exact) mass is 1540 g/mol. The molecule has 6 aromatic rings. The summed E-state index contributed by atoms with van der Waals surface area (Å²) in [7, 11) is 0. The topological polar surface area (TPSA) is 304 Å².